The van der Waals surface area contributed by atoms with E-state index in [4.69, 9.17) is 0 Å². The van der Waals surface area contributed by atoms with Crippen LogP contribution in [-0.2, 0) is 6.42 Å². The van der Waals surface area contributed by atoms with Crippen LogP contribution >= 0.6 is 0 Å². The Morgan fingerprint density at radius 3 is 1.65 bits per heavy atom. The van der Waals surface area contributed by atoms with Crippen LogP contribution in [0.5, 0.6) is 0 Å². The van der Waals surface area contributed by atoms with Crippen LogP contribution in [0.15, 0.2) is 164 Å². The summed E-state index contributed by atoms with van der Waals surface area (Å²) in [6.07, 6.45) is 6.78. The van der Waals surface area contributed by atoms with Gasteiger partial charge in [0.25, 0.3) is 0 Å². The maximum absolute atomic E-state index is 2.41. The molecule has 0 saturated heterocycles. The first-order chi connectivity index (χ1) is 23.7. The van der Waals surface area contributed by atoms with Crippen molar-refractivity contribution in [3.05, 3.63) is 186 Å². The van der Waals surface area contributed by atoms with E-state index < -0.39 is 0 Å². The van der Waals surface area contributed by atoms with Crippen LogP contribution in [0, 0.1) is 13.8 Å². The van der Waals surface area contributed by atoms with Crippen LogP contribution in [-0.4, -0.2) is 0 Å². The van der Waals surface area contributed by atoms with Crippen LogP contribution in [0.3, 0.4) is 0 Å². The number of aryl methyl sites for hydroxylation is 3. The van der Waals surface area contributed by atoms with Gasteiger partial charge in [0.1, 0.15) is 0 Å². The summed E-state index contributed by atoms with van der Waals surface area (Å²) in [6, 6.07) is 57.1. The van der Waals surface area contributed by atoms with Crippen molar-refractivity contribution < 1.29 is 0 Å². The lowest BCUT2D eigenvalue weighted by Crippen LogP contribution is -2.13. The zero-order valence-electron chi connectivity index (χ0n) is 27.5. The maximum atomic E-state index is 2.41. The molecule has 1 aliphatic rings. The number of hydrogen-bond acceptors (Lipinski definition) is 2. The van der Waals surface area contributed by atoms with Crippen molar-refractivity contribution in [3.8, 4) is 11.1 Å². The zero-order valence-corrected chi connectivity index (χ0v) is 27.5. The molecule has 0 aliphatic heterocycles. The van der Waals surface area contributed by atoms with E-state index in [1.54, 1.807) is 0 Å². The minimum absolute atomic E-state index is 1.08. The first kappa shape index (κ1) is 29.5. The fourth-order valence-electron chi connectivity index (χ4n) is 7.24. The summed E-state index contributed by atoms with van der Waals surface area (Å²) < 4.78 is 0. The maximum Gasteiger partial charge on any atom is 0.0540 e. The molecule has 48 heavy (non-hydrogen) atoms. The monoisotopic (exact) mass is 618 g/mol. The standard InChI is InChI=1S/C46H38N2/c1-33-31-39(47(37-19-5-3-6-20-37)45-25-13-17-35-15-9-11-23-43(35)45)27-29-41(33)42-30-28-40(32-34(42)2)48(38-21-7-4-8-22-38)46-26-14-18-36-16-10-12-24-44(36)46/h3-9,11-15,17-32H,10,16H2,1-2H3. The van der Waals surface area contributed by atoms with Gasteiger partial charge in [-0.1, -0.05) is 109 Å². The third-order valence-corrected chi connectivity index (χ3v) is 9.54. The first-order valence-corrected chi connectivity index (χ1v) is 16.8. The number of nitrogens with zero attached hydrogens (tertiary/aromatic N) is 2. The molecule has 0 amide bonds. The predicted octanol–water partition coefficient (Wildman–Crippen LogP) is 13.0. The summed E-state index contributed by atoms with van der Waals surface area (Å²) in [5.74, 6) is 0. The minimum Gasteiger partial charge on any atom is -0.310 e. The molecule has 7 aromatic rings. The SMILES string of the molecule is Cc1cc(N(c2ccccc2)c2cccc3c2C=CCC3)ccc1-c1ccc(N(c2ccccc2)c2cccc3ccccc23)cc1C. The van der Waals surface area contributed by atoms with E-state index in [1.165, 1.54) is 55.5 Å². The van der Waals surface area contributed by atoms with Crippen molar-refractivity contribution in [1.82, 2.24) is 0 Å². The van der Waals surface area contributed by atoms with E-state index in [-0.39, 0.29) is 0 Å². The summed E-state index contributed by atoms with van der Waals surface area (Å²) >= 11 is 0. The Labute approximate surface area is 283 Å². The van der Waals surface area contributed by atoms with Gasteiger partial charge in [-0.2, -0.15) is 0 Å². The molecular weight excluding hydrogens is 581 g/mol. The summed E-state index contributed by atoms with van der Waals surface area (Å²) in [5.41, 5.74) is 14.7. The molecule has 232 valence electrons. The number of para-hydroxylation sites is 2. The van der Waals surface area contributed by atoms with Crippen LogP contribution in [0.25, 0.3) is 28.0 Å². The number of rotatable bonds is 7. The Bertz CT molecular complexity index is 2260. The minimum atomic E-state index is 1.08. The summed E-state index contributed by atoms with van der Waals surface area (Å²) in [7, 11) is 0. The number of fused-ring (bicyclic) bond motifs is 2. The van der Waals surface area contributed by atoms with Crippen molar-refractivity contribution in [3.63, 3.8) is 0 Å². The van der Waals surface area contributed by atoms with Crippen molar-refractivity contribution in [2.75, 3.05) is 9.80 Å². The molecule has 2 nitrogen and oxygen atoms in total. The van der Waals surface area contributed by atoms with Gasteiger partial charge in [-0.15, -0.1) is 0 Å². The zero-order chi connectivity index (χ0) is 32.5. The fraction of sp³-hybridized carbons (Fsp3) is 0.0870. The van der Waals surface area contributed by atoms with Gasteiger partial charge in [-0.05, 0) is 121 Å². The molecule has 0 fully saturated rings. The summed E-state index contributed by atoms with van der Waals surface area (Å²) in [5, 5.41) is 2.46. The molecule has 1 aliphatic carbocycles. The van der Waals surface area contributed by atoms with Crippen molar-refractivity contribution in [1.29, 1.82) is 0 Å². The van der Waals surface area contributed by atoms with Crippen LogP contribution < -0.4 is 9.80 Å². The summed E-state index contributed by atoms with van der Waals surface area (Å²) in [4.78, 5) is 4.78. The second-order valence-electron chi connectivity index (χ2n) is 12.6. The molecule has 0 saturated carbocycles. The Morgan fingerprint density at radius 2 is 1.00 bits per heavy atom. The highest BCUT2D eigenvalue weighted by Crippen LogP contribution is 2.43. The van der Waals surface area contributed by atoms with Gasteiger partial charge in [-0.3, -0.25) is 0 Å². The van der Waals surface area contributed by atoms with E-state index >= 15 is 0 Å². The average molecular weight is 619 g/mol. The van der Waals surface area contributed by atoms with Crippen molar-refractivity contribution in [2.45, 2.75) is 26.7 Å². The van der Waals surface area contributed by atoms with Crippen molar-refractivity contribution in [2.24, 2.45) is 0 Å². The Morgan fingerprint density at radius 1 is 0.458 bits per heavy atom. The lowest BCUT2D eigenvalue weighted by atomic mass is 9.93. The molecule has 0 heterocycles. The number of benzene rings is 7. The topological polar surface area (TPSA) is 6.48 Å². The predicted molar refractivity (Wildman–Crippen MR) is 206 cm³/mol. The largest absolute Gasteiger partial charge is 0.310 e. The highest BCUT2D eigenvalue weighted by Gasteiger charge is 2.20. The van der Waals surface area contributed by atoms with Gasteiger partial charge in [0.2, 0.25) is 0 Å². The van der Waals surface area contributed by atoms with Crippen LogP contribution in [0.1, 0.15) is 28.7 Å². The fourth-order valence-corrected chi connectivity index (χ4v) is 7.24. The van der Waals surface area contributed by atoms with Crippen LogP contribution in [0.4, 0.5) is 34.1 Å². The third kappa shape index (κ3) is 5.46. The Hall–Kier alpha value is -5.86. The second-order valence-corrected chi connectivity index (χ2v) is 12.6. The van der Waals surface area contributed by atoms with E-state index in [9.17, 15) is 0 Å². The van der Waals surface area contributed by atoms with Gasteiger partial charge >= 0.3 is 0 Å². The molecule has 0 aromatic heterocycles. The lowest BCUT2D eigenvalue weighted by molar-refractivity contribution is 0.984. The molecule has 8 rings (SSSR count). The lowest BCUT2D eigenvalue weighted by Gasteiger charge is -2.29. The van der Waals surface area contributed by atoms with Gasteiger partial charge in [-0.25, -0.2) is 0 Å². The number of allylic oxidation sites excluding steroid dienone is 1. The van der Waals surface area contributed by atoms with Gasteiger partial charge in [0, 0.05) is 33.7 Å². The first-order valence-electron chi connectivity index (χ1n) is 16.8. The quantitative estimate of drug-likeness (QED) is 0.175. The molecule has 0 bridgehead atoms. The van der Waals surface area contributed by atoms with Crippen LogP contribution in [0.2, 0.25) is 0 Å². The van der Waals surface area contributed by atoms with Gasteiger partial charge in [0.15, 0.2) is 0 Å². The van der Waals surface area contributed by atoms with Crippen molar-refractivity contribution >= 4 is 51.0 Å². The third-order valence-electron chi connectivity index (χ3n) is 9.54. The van der Waals surface area contributed by atoms with Gasteiger partial charge < -0.3 is 9.80 Å². The Balaban J connectivity index is 1.20. The molecule has 0 radical (unpaired) electrons. The Kier molecular flexibility index (Phi) is 7.84. The molecule has 0 N–H and O–H groups in total. The number of hydrogen-bond donors (Lipinski definition) is 0. The molecule has 2 heteroatoms. The number of anilines is 6. The normalized spacial score (nSPS) is 12.1. The molecular formula is C46H38N2. The van der Waals surface area contributed by atoms with E-state index in [0.717, 1.165) is 35.6 Å². The van der Waals surface area contributed by atoms with E-state index in [2.05, 4.69) is 194 Å². The van der Waals surface area contributed by atoms with Gasteiger partial charge in [0.05, 0.1) is 11.4 Å². The van der Waals surface area contributed by atoms with E-state index in [1.807, 2.05) is 0 Å². The van der Waals surface area contributed by atoms with E-state index in [0.29, 0.717) is 0 Å². The molecule has 0 unspecified atom stereocenters. The highest BCUT2D eigenvalue weighted by atomic mass is 15.1. The molecule has 0 atom stereocenters. The average Bonchev–Trinajstić information content (AvgIpc) is 3.13. The smallest absolute Gasteiger partial charge is 0.0540 e. The molecule has 0 spiro atoms. The second kappa shape index (κ2) is 12.7. The highest BCUT2D eigenvalue weighted by molar-refractivity contribution is 5.99. The molecule has 7 aromatic carbocycles. The summed E-state index contributed by atoms with van der Waals surface area (Å²) in [6.45, 7) is 4.47.